The molecule has 204 valence electrons. The van der Waals surface area contributed by atoms with Crippen molar-refractivity contribution in [2.45, 2.75) is 37.1 Å². The van der Waals surface area contributed by atoms with E-state index in [0.717, 1.165) is 13.8 Å². The van der Waals surface area contributed by atoms with Gasteiger partial charge in [-0.05, 0) is 37.6 Å². The summed E-state index contributed by atoms with van der Waals surface area (Å²) in [4.78, 5) is 35.1. The van der Waals surface area contributed by atoms with Crippen LogP contribution < -0.4 is 4.74 Å². The zero-order valence-corrected chi connectivity index (χ0v) is 18.7. The van der Waals surface area contributed by atoms with Crippen LogP contribution >= 0.6 is 10.2 Å². The Labute approximate surface area is 195 Å². The maximum atomic E-state index is 13.5. The fraction of sp³-hybridized carbons (Fsp3) is 0.412. The first-order valence-electron chi connectivity index (χ1n) is 9.20. The van der Waals surface area contributed by atoms with Crippen molar-refractivity contribution in [3.05, 3.63) is 38.9 Å². The van der Waals surface area contributed by atoms with Gasteiger partial charge in [0.1, 0.15) is 23.4 Å². The summed E-state index contributed by atoms with van der Waals surface area (Å²) in [7, 11) is -10.2. The normalized spacial score (nSPS) is 18.3. The van der Waals surface area contributed by atoms with Gasteiger partial charge in [-0.2, -0.15) is 13.2 Å². The third kappa shape index (κ3) is 7.49. The predicted octanol–water partition coefficient (Wildman–Crippen LogP) is 5.61. The van der Waals surface area contributed by atoms with Crippen LogP contribution in [0.4, 0.5) is 37.4 Å². The molecule has 0 N–H and O–H groups in total. The van der Waals surface area contributed by atoms with Crippen LogP contribution in [-0.4, -0.2) is 49.0 Å². The summed E-state index contributed by atoms with van der Waals surface area (Å²) in [6.07, 6.45) is -10.9. The van der Waals surface area contributed by atoms with Crippen LogP contribution in [0.5, 0.6) is 5.75 Å². The molecule has 0 aliphatic carbocycles. The minimum atomic E-state index is -10.2. The average molecular weight is 561 g/mol. The molecule has 1 aromatic rings. The molecule has 10 nitrogen and oxygen atoms in total. The minimum absolute atomic E-state index is 0.0812. The zero-order chi connectivity index (χ0) is 27.8. The second-order valence-electron chi connectivity index (χ2n) is 7.16. The number of alkyl halides is 3. The predicted molar refractivity (Wildman–Crippen MR) is 102 cm³/mol. The van der Waals surface area contributed by atoms with Crippen LogP contribution in [0, 0.1) is 17.0 Å². The van der Waals surface area contributed by atoms with Crippen molar-refractivity contribution in [3.8, 4) is 5.75 Å². The Kier molecular flexibility index (Phi) is 7.07. The van der Waals surface area contributed by atoms with Gasteiger partial charge in [0.05, 0.1) is 5.57 Å². The van der Waals surface area contributed by atoms with Gasteiger partial charge in [-0.1, -0.05) is 19.4 Å². The van der Waals surface area contributed by atoms with Gasteiger partial charge in [0.15, 0.2) is 0 Å². The van der Waals surface area contributed by atoms with Gasteiger partial charge >= 0.3 is 28.5 Å². The number of ether oxygens (including phenoxy) is 4. The summed E-state index contributed by atoms with van der Waals surface area (Å²) >= 11 is 0. The molecule has 0 aromatic heterocycles. The number of rotatable bonds is 8. The Morgan fingerprint density at radius 3 is 2.31 bits per heavy atom. The van der Waals surface area contributed by atoms with Crippen LogP contribution in [0.3, 0.4) is 0 Å². The summed E-state index contributed by atoms with van der Waals surface area (Å²) in [6.45, 7) is -0.137. The van der Waals surface area contributed by atoms with E-state index in [2.05, 4.69) is 23.8 Å². The first kappa shape index (κ1) is 28.7. The van der Waals surface area contributed by atoms with E-state index in [4.69, 9.17) is 0 Å². The van der Waals surface area contributed by atoms with Gasteiger partial charge in [0.25, 0.3) is 5.09 Å². The lowest BCUT2D eigenvalue weighted by molar-refractivity contribution is -0.759. The van der Waals surface area contributed by atoms with E-state index in [9.17, 15) is 52.3 Å². The maximum absolute atomic E-state index is 13.5. The largest absolute Gasteiger partial charge is 0.511 e. The van der Waals surface area contributed by atoms with Crippen molar-refractivity contribution in [1.29, 1.82) is 0 Å². The summed E-state index contributed by atoms with van der Waals surface area (Å²) in [6, 6.07) is -0.256. The Balaban J connectivity index is 2.24. The number of benzene rings is 1. The lowest BCUT2D eigenvalue weighted by Gasteiger charge is -2.41. The Morgan fingerprint density at radius 1 is 1.17 bits per heavy atom. The van der Waals surface area contributed by atoms with E-state index in [0.29, 0.717) is 0 Å². The molecular formula is C17H15F8NO9S. The van der Waals surface area contributed by atoms with Crippen LogP contribution in [0.2, 0.25) is 0 Å². The lowest BCUT2D eigenvalue weighted by atomic mass is 9.99. The van der Waals surface area contributed by atoms with Crippen LogP contribution in [0.25, 0.3) is 6.08 Å². The van der Waals surface area contributed by atoms with Gasteiger partial charge in [-0.25, -0.2) is 9.59 Å². The summed E-state index contributed by atoms with van der Waals surface area (Å²) in [5, 5.41) is 8.86. The number of hydrogen-bond donors (Lipinski definition) is 0. The number of hydrogen-bond acceptors (Lipinski definition) is 9. The molecular weight excluding hydrogens is 546 g/mol. The molecule has 0 amide bonds. The Hall–Kier alpha value is -3.51. The summed E-state index contributed by atoms with van der Waals surface area (Å²) in [5.74, 6) is -2.71. The fourth-order valence-corrected chi connectivity index (χ4v) is 3.45. The van der Waals surface area contributed by atoms with E-state index in [1.165, 1.54) is 0 Å². The molecule has 1 aliphatic heterocycles. The number of fused-ring (bicyclic) bond motifs is 1. The van der Waals surface area contributed by atoms with E-state index >= 15 is 0 Å². The third-order valence-electron chi connectivity index (χ3n) is 4.16. The van der Waals surface area contributed by atoms with Crippen molar-refractivity contribution >= 4 is 28.4 Å². The highest BCUT2D eigenvalue weighted by Crippen LogP contribution is 3.02. The van der Waals surface area contributed by atoms with Crippen LogP contribution in [0.1, 0.15) is 18.1 Å². The topological polar surface area (TPSA) is 123 Å². The van der Waals surface area contributed by atoms with Gasteiger partial charge in [0, 0.05) is 5.56 Å². The second kappa shape index (κ2) is 8.86. The Bertz CT molecular complexity index is 1110. The van der Waals surface area contributed by atoms with Gasteiger partial charge in [0.2, 0.25) is 12.9 Å². The SMILES string of the molecule is Cc1cc(S(F)(F)(F)(F)F)cc2c1OC(C(F)(F)F)C(C(=O)OCOC(=O)OC(C)CO[N+](=O)[O-])=C2. The first-order chi connectivity index (χ1) is 16.1. The number of carbonyl (C=O) groups is 2. The molecule has 0 saturated carbocycles. The quantitative estimate of drug-likeness (QED) is 0.131. The lowest BCUT2D eigenvalue weighted by Crippen LogP contribution is -2.41. The summed E-state index contributed by atoms with van der Waals surface area (Å²) < 4.78 is 124. The van der Waals surface area contributed by atoms with E-state index in [1.807, 2.05) is 0 Å². The van der Waals surface area contributed by atoms with E-state index in [-0.39, 0.29) is 18.2 Å². The average Bonchev–Trinajstić information content (AvgIpc) is 2.68. The van der Waals surface area contributed by atoms with Crippen molar-refractivity contribution in [2.75, 3.05) is 13.4 Å². The molecule has 0 fully saturated rings. The monoisotopic (exact) mass is 561 g/mol. The smallest absolute Gasteiger partial charge is 0.475 e. The molecule has 0 bridgehead atoms. The molecule has 1 aromatic carbocycles. The van der Waals surface area contributed by atoms with Crippen molar-refractivity contribution < 1.29 is 71.1 Å². The standard InChI is InChI=1S/C17H15F8NO9S/c1-8-3-11(36(21,22,23,24)25)4-10-5-12(14(17(18,19)20)35-13(8)10)15(27)31-7-32-16(28)34-9(2)6-33-26(29)30/h3-5,9,14H,6-7H2,1-2H3. The van der Waals surface area contributed by atoms with E-state index in [1.54, 1.807) is 0 Å². The molecule has 1 heterocycles. The van der Waals surface area contributed by atoms with Crippen molar-refractivity contribution in [1.82, 2.24) is 0 Å². The number of esters is 1. The van der Waals surface area contributed by atoms with Gasteiger partial charge < -0.3 is 23.8 Å². The first-order valence-corrected chi connectivity index (χ1v) is 11.1. The molecule has 0 radical (unpaired) electrons. The third-order valence-corrected chi connectivity index (χ3v) is 5.29. The van der Waals surface area contributed by atoms with Crippen molar-refractivity contribution in [2.24, 2.45) is 0 Å². The highest BCUT2D eigenvalue weighted by Gasteiger charge is 2.65. The van der Waals surface area contributed by atoms with Crippen LogP contribution in [0.15, 0.2) is 22.6 Å². The number of nitrogens with zero attached hydrogens (tertiary/aromatic N) is 1. The van der Waals surface area contributed by atoms with Crippen molar-refractivity contribution in [3.63, 3.8) is 0 Å². The molecule has 19 heteroatoms. The molecule has 2 rings (SSSR count). The second-order valence-corrected chi connectivity index (χ2v) is 9.57. The number of aryl methyl sites for hydroxylation is 1. The fourth-order valence-electron chi connectivity index (χ4n) is 2.70. The highest BCUT2D eigenvalue weighted by atomic mass is 32.5. The molecule has 2 unspecified atom stereocenters. The summed E-state index contributed by atoms with van der Waals surface area (Å²) in [5.41, 5.74) is -3.06. The van der Waals surface area contributed by atoms with Gasteiger partial charge in [-0.15, -0.1) is 10.1 Å². The molecule has 1 aliphatic rings. The Morgan fingerprint density at radius 2 is 1.78 bits per heavy atom. The zero-order valence-electron chi connectivity index (χ0n) is 17.9. The minimum Gasteiger partial charge on any atom is -0.475 e. The molecule has 0 saturated heterocycles. The number of carbonyl (C=O) groups excluding carboxylic acids is 2. The number of halogens is 8. The van der Waals surface area contributed by atoms with Crippen LogP contribution in [-0.2, 0) is 23.8 Å². The molecule has 2 atom stereocenters. The van der Waals surface area contributed by atoms with Gasteiger partial charge in [-0.3, -0.25) is 0 Å². The van der Waals surface area contributed by atoms with E-state index < -0.39 is 86.6 Å². The highest BCUT2D eigenvalue weighted by molar-refractivity contribution is 8.45. The molecule has 36 heavy (non-hydrogen) atoms. The molecule has 0 spiro atoms. The maximum Gasteiger partial charge on any atom is 0.511 e.